The van der Waals surface area contributed by atoms with E-state index < -0.39 is 20.5 Å². The third-order valence-electron chi connectivity index (χ3n) is 9.22. The number of thiophene rings is 1. The number of carbonyl (C=O) groups is 2. The van der Waals surface area contributed by atoms with Crippen LogP contribution in [0.3, 0.4) is 0 Å². The number of Topliss-reactive ketones (excluding diaryl/α,β-unsaturated/α-hetero) is 1. The standard InChI is InChI=1S/C40H46O5SSi/c1-40(2,3)47(30-18-9-7-10-19-30,31-20-11-8-12-21-31)45-36(38-27-29-17-15-16-23-37(29)46-38)26-25-33-32(34(41)28-35(33)42)22-13-5-6-14-24-39(43)44-4/h5,7-13,15-21,23,25-27,32-33,35-36,42H,6,14,22,24,28H2,1-4H3/b13-5-,26-25+/t32-,33-,35-,36-/m1/s1. The average Bonchev–Trinajstić information content (AvgIpc) is 3.62. The Balaban J connectivity index is 1.52. The zero-order valence-corrected chi connectivity index (χ0v) is 29.6. The van der Waals surface area contributed by atoms with Crippen LogP contribution in [0.5, 0.6) is 0 Å². The summed E-state index contributed by atoms with van der Waals surface area (Å²) < 4.78 is 13.6. The van der Waals surface area contributed by atoms with E-state index in [9.17, 15) is 14.7 Å². The molecule has 0 bridgehead atoms. The zero-order valence-electron chi connectivity index (χ0n) is 27.8. The van der Waals surface area contributed by atoms with Gasteiger partial charge in [-0.2, -0.15) is 0 Å². The molecule has 5 nitrogen and oxygen atoms in total. The van der Waals surface area contributed by atoms with Crippen LogP contribution in [-0.4, -0.2) is 38.4 Å². The summed E-state index contributed by atoms with van der Waals surface area (Å²) in [4.78, 5) is 25.6. The molecule has 4 aromatic rings. The lowest BCUT2D eigenvalue weighted by Crippen LogP contribution is -2.66. The molecular formula is C40H46O5SSi. The van der Waals surface area contributed by atoms with Gasteiger partial charge in [0.25, 0.3) is 8.32 Å². The Morgan fingerprint density at radius 3 is 2.23 bits per heavy atom. The normalized spacial score (nSPS) is 19.6. The lowest BCUT2D eigenvalue weighted by Gasteiger charge is -2.44. The molecule has 0 spiro atoms. The van der Waals surface area contributed by atoms with Crippen molar-refractivity contribution in [3.05, 3.63) is 120 Å². The molecule has 3 aromatic carbocycles. The number of ketones is 1. The number of hydrogen-bond donors (Lipinski definition) is 1. The Hall–Kier alpha value is -3.62. The highest BCUT2D eigenvalue weighted by atomic mass is 32.1. The average molecular weight is 667 g/mol. The summed E-state index contributed by atoms with van der Waals surface area (Å²) in [6.45, 7) is 6.83. The SMILES string of the molecule is COC(=O)CCC/C=C\C[C@H]1C(=O)C[C@@H](O)[C@@H]1/C=C/[C@@H](O[Si](c1ccccc1)(c1ccccc1)C(C)(C)C)c1cc2ccccc2s1. The third kappa shape index (κ3) is 7.92. The highest BCUT2D eigenvalue weighted by Gasteiger charge is 2.51. The van der Waals surface area contributed by atoms with Gasteiger partial charge in [0.2, 0.25) is 0 Å². The van der Waals surface area contributed by atoms with Crippen molar-refractivity contribution in [2.45, 2.75) is 70.1 Å². The van der Waals surface area contributed by atoms with Crippen LogP contribution in [-0.2, 0) is 18.8 Å². The van der Waals surface area contributed by atoms with Gasteiger partial charge in [-0.1, -0.05) is 124 Å². The second kappa shape index (κ2) is 15.5. The van der Waals surface area contributed by atoms with Crippen LogP contribution in [0.2, 0.25) is 5.04 Å². The zero-order chi connectivity index (χ0) is 33.4. The first-order valence-electron chi connectivity index (χ1n) is 16.5. The Kier molecular flexibility index (Phi) is 11.5. The number of ether oxygens (including phenoxy) is 1. The van der Waals surface area contributed by atoms with Crippen molar-refractivity contribution in [2.75, 3.05) is 7.11 Å². The first kappa shape index (κ1) is 34.7. The van der Waals surface area contributed by atoms with Crippen molar-refractivity contribution in [1.29, 1.82) is 0 Å². The van der Waals surface area contributed by atoms with Crippen molar-refractivity contribution >= 4 is 51.9 Å². The number of allylic oxidation sites excluding steroid dienone is 2. The van der Waals surface area contributed by atoms with Gasteiger partial charge in [-0.15, -0.1) is 11.3 Å². The van der Waals surface area contributed by atoms with Crippen molar-refractivity contribution in [2.24, 2.45) is 11.8 Å². The smallest absolute Gasteiger partial charge is 0.305 e. The van der Waals surface area contributed by atoms with Crippen LogP contribution in [0.25, 0.3) is 10.1 Å². The lowest BCUT2D eigenvalue weighted by atomic mass is 9.90. The summed E-state index contributed by atoms with van der Waals surface area (Å²) in [7, 11) is -1.53. The van der Waals surface area contributed by atoms with Crippen LogP contribution in [0, 0.1) is 11.8 Å². The van der Waals surface area contributed by atoms with Crippen molar-refractivity contribution in [3.63, 3.8) is 0 Å². The number of carbonyl (C=O) groups excluding carboxylic acids is 2. The number of methoxy groups -OCH3 is 1. The van der Waals surface area contributed by atoms with Crippen LogP contribution in [0.4, 0.5) is 0 Å². The first-order chi connectivity index (χ1) is 22.6. The molecular weight excluding hydrogens is 621 g/mol. The van der Waals surface area contributed by atoms with E-state index in [1.165, 1.54) is 27.6 Å². The minimum absolute atomic E-state index is 0.0812. The minimum Gasteiger partial charge on any atom is -0.469 e. The molecule has 1 aromatic heterocycles. The third-order valence-corrected chi connectivity index (χ3v) is 15.4. The minimum atomic E-state index is -2.93. The number of esters is 1. The van der Waals surface area contributed by atoms with E-state index in [1.807, 2.05) is 30.4 Å². The van der Waals surface area contributed by atoms with Crippen molar-refractivity contribution < 1.29 is 23.9 Å². The Morgan fingerprint density at radius 1 is 0.979 bits per heavy atom. The summed E-state index contributed by atoms with van der Waals surface area (Å²) in [6, 6.07) is 31.9. The van der Waals surface area contributed by atoms with Crippen molar-refractivity contribution in [3.8, 4) is 0 Å². The molecule has 1 aliphatic carbocycles. The van der Waals surface area contributed by atoms with Crippen LogP contribution >= 0.6 is 11.3 Å². The summed E-state index contributed by atoms with van der Waals surface area (Å²) in [5.74, 6) is -0.764. The summed E-state index contributed by atoms with van der Waals surface area (Å²) in [5, 5.41) is 14.4. The molecule has 0 radical (unpaired) electrons. The predicted molar refractivity (Wildman–Crippen MR) is 195 cm³/mol. The van der Waals surface area contributed by atoms with E-state index in [1.54, 1.807) is 11.3 Å². The van der Waals surface area contributed by atoms with Gasteiger partial charge >= 0.3 is 5.97 Å². The molecule has 7 heteroatoms. The number of fused-ring (bicyclic) bond motifs is 1. The summed E-state index contributed by atoms with van der Waals surface area (Å²) in [6.07, 6.45) is 9.55. The van der Waals surface area contributed by atoms with Gasteiger partial charge in [0, 0.05) is 34.3 Å². The number of rotatable bonds is 13. The predicted octanol–water partition coefficient (Wildman–Crippen LogP) is 7.93. The number of unbranched alkanes of at least 4 members (excludes halogenated alkanes) is 1. The number of aliphatic hydroxyl groups excluding tert-OH is 1. The summed E-state index contributed by atoms with van der Waals surface area (Å²) >= 11 is 1.73. The van der Waals surface area contributed by atoms with E-state index >= 15 is 0 Å². The van der Waals surface area contributed by atoms with Gasteiger partial charge in [-0.05, 0) is 52.2 Å². The van der Waals surface area contributed by atoms with Gasteiger partial charge in [0.1, 0.15) is 5.78 Å². The van der Waals surface area contributed by atoms with Gasteiger partial charge < -0.3 is 14.3 Å². The quantitative estimate of drug-likeness (QED) is 0.0679. The largest absolute Gasteiger partial charge is 0.469 e. The molecule has 1 N–H and O–H groups in total. The Bertz CT molecular complexity index is 1620. The highest BCUT2D eigenvalue weighted by Crippen LogP contribution is 2.43. The molecule has 1 heterocycles. The highest BCUT2D eigenvalue weighted by molar-refractivity contribution is 7.19. The van der Waals surface area contributed by atoms with Crippen LogP contribution in [0.15, 0.2) is 115 Å². The molecule has 0 saturated heterocycles. The van der Waals surface area contributed by atoms with Gasteiger partial charge in [0.15, 0.2) is 0 Å². The fourth-order valence-electron chi connectivity index (χ4n) is 6.80. The molecule has 1 saturated carbocycles. The maximum absolute atomic E-state index is 13.1. The molecule has 1 aliphatic rings. The van der Waals surface area contributed by atoms with Crippen LogP contribution < -0.4 is 10.4 Å². The van der Waals surface area contributed by atoms with E-state index in [0.29, 0.717) is 19.3 Å². The van der Waals surface area contributed by atoms with Gasteiger partial charge in [0.05, 0.1) is 19.3 Å². The van der Waals surface area contributed by atoms with E-state index in [0.717, 1.165) is 11.3 Å². The maximum atomic E-state index is 13.1. The van der Waals surface area contributed by atoms with Crippen LogP contribution in [0.1, 0.15) is 63.9 Å². The lowest BCUT2D eigenvalue weighted by molar-refractivity contribution is -0.140. The van der Waals surface area contributed by atoms with E-state index in [-0.39, 0.29) is 35.0 Å². The Labute approximate surface area is 284 Å². The fraction of sp³-hybridized carbons (Fsp3) is 0.350. The molecule has 0 unspecified atom stereocenters. The monoisotopic (exact) mass is 666 g/mol. The summed E-state index contributed by atoms with van der Waals surface area (Å²) in [5.41, 5.74) is 0. The number of aliphatic hydroxyl groups is 1. The molecule has 0 amide bonds. The molecule has 47 heavy (non-hydrogen) atoms. The number of hydrogen-bond acceptors (Lipinski definition) is 6. The van der Waals surface area contributed by atoms with Gasteiger partial charge in [-0.25, -0.2) is 0 Å². The molecule has 246 valence electrons. The molecule has 5 rings (SSSR count). The second-order valence-electron chi connectivity index (χ2n) is 13.4. The maximum Gasteiger partial charge on any atom is 0.305 e. The van der Waals surface area contributed by atoms with Crippen molar-refractivity contribution in [1.82, 2.24) is 0 Å². The van der Waals surface area contributed by atoms with Gasteiger partial charge in [-0.3, -0.25) is 9.59 Å². The van der Waals surface area contributed by atoms with E-state index in [2.05, 4.69) is 106 Å². The first-order valence-corrected chi connectivity index (χ1v) is 19.2. The van der Waals surface area contributed by atoms with E-state index in [4.69, 9.17) is 9.16 Å². The number of benzene rings is 3. The molecule has 0 aliphatic heterocycles. The topological polar surface area (TPSA) is 72.8 Å². The fourth-order valence-corrected chi connectivity index (χ4v) is 12.6. The molecule has 4 atom stereocenters. The molecule has 1 fully saturated rings. The second-order valence-corrected chi connectivity index (χ2v) is 18.7. The Morgan fingerprint density at radius 2 is 1.62 bits per heavy atom.